The van der Waals surface area contributed by atoms with Crippen LogP contribution in [0.4, 0.5) is 10.3 Å². The number of nitrogens with one attached hydrogen (secondary N) is 1. The van der Waals surface area contributed by atoms with Crippen molar-refractivity contribution in [1.82, 2.24) is 9.97 Å². The first kappa shape index (κ1) is 13.2. The fourth-order valence-corrected chi connectivity index (χ4v) is 1.43. The van der Waals surface area contributed by atoms with Gasteiger partial charge in [-0.25, -0.2) is 14.4 Å². The summed E-state index contributed by atoms with van der Waals surface area (Å²) in [7, 11) is 0. The first-order chi connectivity index (χ1) is 9.28. The number of halogens is 1. The number of nitrogens with two attached hydrogens (primary N) is 1. The van der Waals surface area contributed by atoms with Crippen molar-refractivity contribution in [2.24, 2.45) is 5.73 Å². The molecular formula is C13H15FN4O. The lowest BCUT2D eigenvalue weighted by molar-refractivity contribution is 0.472. The van der Waals surface area contributed by atoms with E-state index in [1.807, 2.05) is 0 Å². The molecule has 0 bridgehead atoms. The molecule has 0 unspecified atom stereocenters. The molecule has 0 saturated heterocycles. The van der Waals surface area contributed by atoms with E-state index < -0.39 is 0 Å². The zero-order valence-corrected chi connectivity index (χ0v) is 10.3. The third kappa shape index (κ3) is 4.18. The van der Waals surface area contributed by atoms with E-state index >= 15 is 0 Å². The zero-order chi connectivity index (χ0) is 13.5. The Balaban J connectivity index is 1.95. The number of nitrogens with zero attached hydrogens (tertiary/aromatic N) is 2. The predicted molar refractivity (Wildman–Crippen MR) is 70.7 cm³/mol. The summed E-state index contributed by atoms with van der Waals surface area (Å²) >= 11 is 0. The summed E-state index contributed by atoms with van der Waals surface area (Å²) < 4.78 is 18.4. The number of anilines is 1. The van der Waals surface area contributed by atoms with Gasteiger partial charge in [-0.1, -0.05) is 6.07 Å². The summed E-state index contributed by atoms with van der Waals surface area (Å²) in [5, 5.41) is 3.03. The molecule has 2 aromatic rings. The van der Waals surface area contributed by atoms with Gasteiger partial charge in [-0.3, -0.25) is 0 Å². The summed E-state index contributed by atoms with van der Waals surface area (Å²) in [6, 6.07) is 5.89. The Hall–Kier alpha value is -2.21. The maximum absolute atomic E-state index is 13.0. The normalized spacial score (nSPS) is 10.2. The minimum Gasteiger partial charge on any atom is -0.454 e. The van der Waals surface area contributed by atoms with Gasteiger partial charge in [-0.15, -0.1) is 0 Å². The average molecular weight is 262 g/mol. The maximum atomic E-state index is 13.0. The molecule has 0 radical (unpaired) electrons. The van der Waals surface area contributed by atoms with Gasteiger partial charge in [0, 0.05) is 12.6 Å². The quantitative estimate of drug-likeness (QED) is 0.780. The summed E-state index contributed by atoms with van der Waals surface area (Å²) in [6.45, 7) is 1.34. The van der Waals surface area contributed by atoms with Crippen molar-refractivity contribution in [2.75, 3.05) is 18.4 Å². The van der Waals surface area contributed by atoms with Crippen LogP contribution in [0.1, 0.15) is 6.42 Å². The average Bonchev–Trinajstić information content (AvgIpc) is 2.41. The van der Waals surface area contributed by atoms with E-state index in [1.54, 1.807) is 12.1 Å². The highest BCUT2D eigenvalue weighted by Gasteiger charge is 2.01. The lowest BCUT2D eigenvalue weighted by Gasteiger charge is -2.06. The number of rotatable bonds is 6. The van der Waals surface area contributed by atoms with Crippen LogP contribution in [0.2, 0.25) is 0 Å². The van der Waals surface area contributed by atoms with E-state index in [1.165, 1.54) is 24.5 Å². The molecule has 0 aliphatic heterocycles. The van der Waals surface area contributed by atoms with Crippen LogP contribution in [-0.2, 0) is 0 Å². The second-order valence-corrected chi connectivity index (χ2v) is 3.87. The van der Waals surface area contributed by atoms with Crippen molar-refractivity contribution in [3.8, 4) is 11.5 Å². The molecule has 5 nitrogen and oxygen atoms in total. The summed E-state index contributed by atoms with van der Waals surface area (Å²) in [5.41, 5.74) is 5.38. The van der Waals surface area contributed by atoms with Gasteiger partial charge in [-0.05, 0) is 25.1 Å². The van der Waals surface area contributed by atoms with E-state index in [0.717, 1.165) is 13.0 Å². The third-order valence-electron chi connectivity index (χ3n) is 2.32. The number of aromatic nitrogens is 2. The van der Waals surface area contributed by atoms with Crippen molar-refractivity contribution < 1.29 is 9.13 Å². The Morgan fingerprint density at radius 3 is 2.68 bits per heavy atom. The Kier molecular flexibility index (Phi) is 4.63. The summed E-state index contributed by atoms with van der Waals surface area (Å²) in [5.74, 6) is 1.03. The molecule has 100 valence electrons. The smallest absolute Gasteiger partial charge is 0.222 e. The molecule has 1 aromatic heterocycles. The van der Waals surface area contributed by atoms with Crippen LogP contribution in [-0.4, -0.2) is 23.1 Å². The number of hydrogen-bond acceptors (Lipinski definition) is 5. The molecule has 0 amide bonds. The van der Waals surface area contributed by atoms with Crippen molar-refractivity contribution in [1.29, 1.82) is 0 Å². The highest BCUT2D eigenvalue weighted by molar-refractivity contribution is 5.31. The largest absolute Gasteiger partial charge is 0.454 e. The molecule has 6 heteroatoms. The Labute approximate surface area is 110 Å². The molecule has 0 aliphatic rings. The van der Waals surface area contributed by atoms with Gasteiger partial charge in [0.05, 0.1) is 12.4 Å². The van der Waals surface area contributed by atoms with Gasteiger partial charge in [-0.2, -0.15) is 0 Å². The van der Waals surface area contributed by atoms with Crippen molar-refractivity contribution in [3.63, 3.8) is 0 Å². The molecule has 2 rings (SSSR count). The minimum absolute atomic E-state index is 0.349. The molecule has 0 fully saturated rings. The molecule has 1 heterocycles. The van der Waals surface area contributed by atoms with Crippen molar-refractivity contribution >= 4 is 5.95 Å². The van der Waals surface area contributed by atoms with E-state index in [9.17, 15) is 4.39 Å². The Morgan fingerprint density at radius 1 is 1.21 bits per heavy atom. The lowest BCUT2D eigenvalue weighted by atomic mass is 10.3. The SMILES string of the molecule is NCCCNc1ncc(Oc2cccc(F)c2)cn1. The zero-order valence-electron chi connectivity index (χ0n) is 10.3. The third-order valence-corrected chi connectivity index (χ3v) is 2.32. The monoisotopic (exact) mass is 262 g/mol. The van der Waals surface area contributed by atoms with Crippen molar-refractivity contribution in [3.05, 3.63) is 42.5 Å². The van der Waals surface area contributed by atoms with Crippen LogP contribution in [0.25, 0.3) is 0 Å². The highest BCUT2D eigenvalue weighted by Crippen LogP contribution is 2.20. The van der Waals surface area contributed by atoms with Gasteiger partial charge in [0.15, 0.2) is 5.75 Å². The molecule has 3 N–H and O–H groups in total. The molecule has 1 aromatic carbocycles. The van der Waals surface area contributed by atoms with Gasteiger partial charge in [0.25, 0.3) is 0 Å². The van der Waals surface area contributed by atoms with Crippen LogP contribution in [0.15, 0.2) is 36.7 Å². The second kappa shape index (κ2) is 6.65. The van der Waals surface area contributed by atoms with Crippen LogP contribution in [0.5, 0.6) is 11.5 Å². The number of ether oxygens (including phenoxy) is 1. The minimum atomic E-state index is -0.349. The van der Waals surface area contributed by atoms with Gasteiger partial charge < -0.3 is 15.8 Å². The maximum Gasteiger partial charge on any atom is 0.222 e. The van der Waals surface area contributed by atoms with Gasteiger partial charge in [0.2, 0.25) is 5.95 Å². The van der Waals surface area contributed by atoms with Crippen LogP contribution >= 0.6 is 0 Å². The fourth-order valence-electron chi connectivity index (χ4n) is 1.43. The fraction of sp³-hybridized carbons (Fsp3) is 0.231. The van der Waals surface area contributed by atoms with E-state index in [4.69, 9.17) is 10.5 Å². The van der Waals surface area contributed by atoms with E-state index in [0.29, 0.717) is 24.0 Å². The standard InChI is InChI=1S/C13H15FN4O/c14-10-3-1-4-11(7-10)19-12-8-17-13(18-9-12)16-6-2-5-15/h1,3-4,7-9H,2,5-6,15H2,(H,16,17,18). The first-order valence-electron chi connectivity index (χ1n) is 5.97. The molecule has 0 spiro atoms. The topological polar surface area (TPSA) is 73.1 Å². The van der Waals surface area contributed by atoms with E-state index in [-0.39, 0.29) is 5.82 Å². The summed E-state index contributed by atoms with van der Waals surface area (Å²) in [6.07, 6.45) is 3.91. The molecule has 0 atom stereocenters. The number of benzene rings is 1. The highest BCUT2D eigenvalue weighted by atomic mass is 19.1. The van der Waals surface area contributed by atoms with Crippen molar-refractivity contribution in [2.45, 2.75) is 6.42 Å². The predicted octanol–water partition coefficient (Wildman–Crippen LogP) is 2.17. The Morgan fingerprint density at radius 2 is 2.00 bits per heavy atom. The lowest BCUT2D eigenvalue weighted by Crippen LogP contribution is -2.10. The Bertz CT molecular complexity index is 518. The van der Waals surface area contributed by atoms with E-state index in [2.05, 4.69) is 15.3 Å². The van der Waals surface area contributed by atoms with Crippen LogP contribution in [0.3, 0.4) is 0 Å². The van der Waals surface area contributed by atoms with Gasteiger partial charge in [0.1, 0.15) is 11.6 Å². The molecular weight excluding hydrogens is 247 g/mol. The van der Waals surface area contributed by atoms with Crippen LogP contribution in [0, 0.1) is 5.82 Å². The molecule has 0 saturated carbocycles. The number of hydrogen-bond donors (Lipinski definition) is 2. The van der Waals surface area contributed by atoms with Gasteiger partial charge >= 0.3 is 0 Å². The molecule has 19 heavy (non-hydrogen) atoms. The first-order valence-corrected chi connectivity index (χ1v) is 5.97. The summed E-state index contributed by atoms with van der Waals surface area (Å²) in [4.78, 5) is 8.17. The second-order valence-electron chi connectivity index (χ2n) is 3.87. The molecule has 0 aliphatic carbocycles. The van der Waals surface area contributed by atoms with Crippen LogP contribution < -0.4 is 15.8 Å².